The first-order chi connectivity index (χ1) is 12.8. The fourth-order valence-corrected chi connectivity index (χ4v) is 3.70. The number of halogens is 1. The van der Waals surface area contributed by atoms with Crippen LogP contribution in [-0.4, -0.2) is 65.8 Å². The molecule has 0 bridgehead atoms. The summed E-state index contributed by atoms with van der Waals surface area (Å²) in [5, 5.41) is 4.34. The molecule has 11 heteroatoms. The van der Waals surface area contributed by atoms with Crippen LogP contribution in [0.1, 0.15) is 5.89 Å². The van der Waals surface area contributed by atoms with Gasteiger partial charge in [0.15, 0.2) is 0 Å². The molecular weight excluding hydrogens is 395 g/mol. The third-order valence-corrected chi connectivity index (χ3v) is 6.14. The highest BCUT2D eigenvalue weighted by Gasteiger charge is 2.27. The van der Waals surface area contributed by atoms with E-state index in [1.54, 1.807) is 12.1 Å². The van der Waals surface area contributed by atoms with E-state index in [9.17, 15) is 17.6 Å². The van der Waals surface area contributed by atoms with Crippen molar-refractivity contribution < 1.29 is 22.1 Å². The Balaban J connectivity index is 1.78. The van der Waals surface area contributed by atoms with Crippen LogP contribution in [0, 0.1) is 5.82 Å². The molecule has 0 saturated carbocycles. The number of sulfonamides is 1. The van der Waals surface area contributed by atoms with Crippen LogP contribution in [0.3, 0.4) is 0 Å². The number of nitrogens with zero attached hydrogens (tertiary/aromatic N) is 4. The molecule has 8 nitrogen and oxygen atoms in total. The smallest absolute Gasteiger partial charge is 0.253 e. The Bertz CT molecular complexity index is 990. The number of rotatable bonds is 5. The van der Waals surface area contributed by atoms with E-state index in [0.717, 1.165) is 10.6 Å². The molecule has 0 aliphatic carbocycles. The minimum absolute atomic E-state index is 0.109. The number of hydrogen-bond donors (Lipinski definition) is 0. The van der Waals surface area contributed by atoms with Crippen LogP contribution in [0.25, 0.3) is 17.5 Å². The molecule has 27 heavy (non-hydrogen) atoms. The van der Waals surface area contributed by atoms with Gasteiger partial charge in [-0.1, -0.05) is 17.3 Å². The van der Waals surface area contributed by atoms with Crippen LogP contribution in [0.4, 0.5) is 4.39 Å². The second kappa shape index (κ2) is 7.79. The fraction of sp³-hybridized carbons (Fsp3) is 0.312. The number of aromatic nitrogens is 2. The number of benzene rings is 1. The zero-order valence-electron chi connectivity index (χ0n) is 14.6. The quantitative estimate of drug-likeness (QED) is 0.736. The van der Waals surface area contributed by atoms with Crippen molar-refractivity contribution in [2.75, 3.05) is 32.1 Å². The number of amides is 1. The minimum atomic E-state index is -3.45. The van der Waals surface area contributed by atoms with Gasteiger partial charge in [-0.15, -0.1) is 11.8 Å². The first kappa shape index (κ1) is 19.5. The molecule has 1 saturated heterocycles. The first-order valence-corrected chi connectivity index (χ1v) is 10.7. The van der Waals surface area contributed by atoms with Gasteiger partial charge in [0.2, 0.25) is 21.8 Å². The van der Waals surface area contributed by atoms with Crippen LogP contribution in [0.15, 0.2) is 33.8 Å². The largest absolute Gasteiger partial charge is 0.334 e. The van der Waals surface area contributed by atoms with Crippen molar-refractivity contribution in [2.24, 2.45) is 0 Å². The maximum absolute atomic E-state index is 13.8. The summed E-state index contributed by atoms with van der Waals surface area (Å²) >= 11 is 1.41. The monoisotopic (exact) mass is 412 g/mol. The molecule has 2 aromatic rings. The van der Waals surface area contributed by atoms with E-state index in [1.165, 1.54) is 41.9 Å². The lowest BCUT2D eigenvalue weighted by molar-refractivity contribution is -0.128. The molecule has 1 aromatic carbocycles. The van der Waals surface area contributed by atoms with Gasteiger partial charge in [0.05, 0.1) is 23.4 Å². The van der Waals surface area contributed by atoms with E-state index in [1.807, 2.05) is 0 Å². The van der Waals surface area contributed by atoms with E-state index in [0.29, 0.717) is 17.3 Å². The molecule has 144 valence electrons. The topological polar surface area (TPSA) is 96.6 Å². The molecule has 0 N–H and O–H groups in total. The number of thioether (sulfide) groups is 1. The third-order valence-electron chi connectivity index (χ3n) is 3.86. The Labute approximate surface area is 160 Å². The van der Waals surface area contributed by atoms with Gasteiger partial charge in [-0.2, -0.15) is 9.29 Å². The molecule has 0 unspecified atom stereocenters. The van der Waals surface area contributed by atoms with Crippen LogP contribution in [0.5, 0.6) is 0 Å². The third kappa shape index (κ3) is 4.54. The molecule has 1 fully saturated rings. The summed E-state index contributed by atoms with van der Waals surface area (Å²) in [5.41, 5.74) is 0.215. The summed E-state index contributed by atoms with van der Waals surface area (Å²) in [5.74, 6) is 0.0833. The molecule has 0 atom stereocenters. The van der Waals surface area contributed by atoms with Crippen molar-refractivity contribution >= 4 is 33.8 Å². The maximum Gasteiger partial charge on any atom is 0.253 e. The summed E-state index contributed by atoms with van der Waals surface area (Å²) in [6, 6.07) is 6.07. The van der Waals surface area contributed by atoms with Crippen molar-refractivity contribution in [3.05, 3.63) is 41.0 Å². The molecule has 3 rings (SSSR count). The summed E-state index contributed by atoms with van der Waals surface area (Å²) in [7, 11) is -2.11. The number of carbonyl (C=O) groups excluding carboxylic acids is 1. The number of hydrogen-bond acceptors (Lipinski definition) is 7. The average Bonchev–Trinajstić information content (AvgIpc) is 3.24. The van der Waals surface area contributed by atoms with E-state index >= 15 is 0 Å². The van der Waals surface area contributed by atoms with Crippen LogP contribution >= 0.6 is 11.8 Å². The fourth-order valence-electron chi connectivity index (χ4n) is 2.34. The van der Waals surface area contributed by atoms with Crippen LogP contribution < -0.4 is 0 Å². The van der Waals surface area contributed by atoms with Gasteiger partial charge in [-0.05, 0) is 12.1 Å². The molecule has 1 aromatic heterocycles. The summed E-state index contributed by atoms with van der Waals surface area (Å²) in [4.78, 5) is 18.0. The maximum atomic E-state index is 13.8. The van der Waals surface area contributed by atoms with Gasteiger partial charge < -0.3 is 9.42 Å². The van der Waals surface area contributed by atoms with Crippen LogP contribution in [0.2, 0.25) is 0 Å². The molecule has 0 spiro atoms. The van der Waals surface area contributed by atoms with Gasteiger partial charge in [0.25, 0.3) is 5.89 Å². The van der Waals surface area contributed by atoms with Gasteiger partial charge >= 0.3 is 0 Å². The van der Waals surface area contributed by atoms with E-state index in [-0.39, 0.29) is 29.7 Å². The Hall–Kier alpha value is -2.24. The predicted molar refractivity (Wildman–Crippen MR) is 99.3 cm³/mol. The zero-order valence-corrected chi connectivity index (χ0v) is 16.3. The molecule has 1 aliphatic rings. The van der Waals surface area contributed by atoms with Crippen molar-refractivity contribution in [1.82, 2.24) is 19.3 Å². The number of likely N-dealkylation sites (N-methyl/N-ethyl adjacent to an activating group) is 1. The Morgan fingerprint density at radius 3 is 2.89 bits per heavy atom. The molecule has 0 radical (unpaired) electrons. The van der Waals surface area contributed by atoms with Crippen molar-refractivity contribution in [3.63, 3.8) is 0 Å². The zero-order chi connectivity index (χ0) is 19.6. The predicted octanol–water partition coefficient (Wildman–Crippen LogP) is 1.64. The minimum Gasteiger partial charge on any atom is -0.334 e. The first-order valence-electron chi connectivity index (χ1n) is 7.90. The SMILES string of the molecule is CN(CC(=O)N1CCS/C1=C/c1nc(-c2ccccc2F)no1)S(C)(=O)=O. The normalized spacial score (nSPS) is 16.4. The van der Waals surface area contributed by atoms with Gasteiger partial charge in [-0.25, -0.2) is 12.8 Å². The van der Waals surface area contributed by atoms with Gasteiger partial charge in [0.1, 0.15) is 5.82 Å². The Morgan fingerprint density at radius 1 is 1.44 bits per heavy atom. The second-order valence-corrected chi connectivity index (χ2v) is 9.04. The molecule has 2 heterocycles. The highest BCUT2D eigenvalue weighted by atomic mass is 32.2. The lowest BCUT2D eigenvalue weighted by Gasteiger charge is -2.20. The van der Waals surface area contributed by atoms with E-state index in [2.05, 4.69) is 10.1 Å². The van der Waals surface area contributed by atoms with E-state index in [4.69, 9.17) is 4.52 Å². The number of carbonyl (C=O) groups is 1. The summed E-state index contributed by atoms with van der Waals surface area (Å²) < 4.78 is 42.9. The highest BCUT2D eigenvalue weighted by molar-refractivity contribution is 8.03. The summed E-state index contributed by atoms with van der Waals surface area (Å²) in [6.07, 6.45) is 2.58. The lowest BCUT2D eigenvalue weighted by Crippen LogP contribution is -2.38. The Kier molecular flexibility index (Phi) is 5.63. The standard InChI is InChI=1S/C16H17FN4O4S2/c1-20(27(2,23)24)10-14(22)21-7-8-26-15(21)9-13-18-16(19-25-13)11-5-3-4-6-12(11)17/h3-6,9H,7-8,10H2,1-2H3/b15-9+. The van der Waals surface area contributed by atoms with Gasteiger partial charge in [-0.3, -0.25) is 4.79 Å². The van der Waals surface area contributed by atoms with Crippen molar-refractivity contribution in [2.45, 2.75) is 0 Å². The highest BCUT2D eigenvalue weighted by Crippen LogP contribution is 2.30. The molecule has 1 amide bonds. The molecular formula is C16H17FN4O4S2. The van der Waals surface area contributed by atoms with Crippen molar-refractivity contribution in [3.8, 4) is 11.4 Å². The average molecular weight is 412 g/mol. The second-order valence-electron chi connectivity index (χ2n) is 5.83. The van der Waals surface area contributed by atoms with Crippen LogP contribution in [-0.2, 0) is 14.8 Å². The summed E-state index contributed by atoms with van der Waals surface area (Å²) in [6.45, 7) is 0.183. The van der Waals surface area contributed by atoms with Gasteiger partial charge in [0, 0.05) is 25.4 Å². The Morgan fingerprint density at radius 2 is 2.19 bits per heavy atom. The molecule has 1 aliphatic heterocycles. The lowest BCUT2D eigenvalue weighted by atomic mass is 10.2. The van der Waals surface area contributed by atoms with E-state index < -0.39 is 15.8 Å². The van der Waals surface area contributed by atoms with Crippen molar-refractivity contribution in [1.29, 1.82) is 0 Å².